The predicted molar refractivity (Wildman–Crippen MR) is 104 cm³/mol. The number of methoxy groups -OCH3 is 1. The highest BCUT2D eigenvalue weighted by atomic mass is 79.9. The normalized spacial score (nSPS) is 24.4. The first-order valence-corrected chi connectivity index (χ1v) is 9.47. The zero-order chi connectivity index (χ0) is 17.1. The maximum Gasteiger partial charge on any atom is 0.251 e. The van der Waals surface area contributed by atoms with Gasteiger partial charge in [-0.3, -0.25) is 4.79 Å². The van der Waals surface area contributed by atoms with Crippen LogP contribution in [0, 0.1) is 0 Å². The number of fused-ring (bicyclic) bond motifs is 2. The molecule has 2 saturated heterocycles. The van der Waals surface area contributed by atoms with Gasteiger partial charge in [0.15, 0.2) is 11.5 Å². The minimum absolute atomic E-state index is 0. The molecule has 0 spiro atoms. The Hall–Kier alpha value is -0.980. The van der Waals surface area contributed by atoms with Gasteiger partial charge in [-0.15, -0.1) is 12.4 Å². The highest BCUT2D eigenvalue weighted by Crippen LogP contribution is 2.37. The third-order valence-corrected chi connectivity index (χ3v) is 5.34. The van der Waals surface area contributed by atoms with Crippen LogP contribution in [0.25, 0.3) is 0 Å². The van der Waals surface area contributed by atoms with Crippen LogP contribution in [0.4, 0.5) is 0 Å². The highest BCUT2D eigenvalue weighted by molar-refractivity contribution is 9.10. The van der Waals surface area contributed by atoms with E-state index < -0.39 is 0 Å². The SMILES string of the molecule is CCCOc1c(Br)cc(C(=O)NC2CC3CCC(C2)N3)cc1OC.Cl. The number of halogens is 2. The molecule has 2 heterocycles. The second-order valence-electron chi connectivity index (χ2n) is 6.62. The van der Waals surface area contributed by atoms with Crippen molar-refractivity contribution in [3.8, 4) is 11.5 Å². The van der Waals surface area contributed by atoms with Gasteiger partial charge in [-0.1, -0.05) is 6.92 Å². The van der Waals surface area contributed by atoms with Crippen molar-refractivity contribution in [2.75, 3.05) is 13.7 Å². The summed E-state index contributed by atoms with van der Waals surface area (Å²) in [6, 6.07) is 4.91. The second-order valence-corrected chi connectivity index (χ2v) is 7.47. The number of nitrogens with one attached hydrogen (secondary N) is 2. The molecular formula is C18H26BrClN2O3. The first kappa shape index (κ1) is 20.3. The van der Waals surface area contributed by atoms with E-state index in [0.29, 0.717) is 35.8 Å². The first-order chi connectivity index (χ1) is 11.6. The fraction of sp³-hybridized carbons (Fsp3) is 0.611. The molecule has 2 unspecified atom stereocenters. The van der Waals surface area contributed by atoms with E-state index in [1.54, 1.807) is 19.2 Å². The first-order valence-electron chi connectivity index (χ1n) is 8.68. The summed E-state index contributed by atoms with van der Waals surface area (Å²) in [6.45, 7) is 2.66. The van der Waals surface area contributed by atoms with Gasteiger partial charge < -0.3 is 20.1 Å². The Bertz CT molecular complexity index is 602. The lowest BCUT2D eigenvalue weighted by Crippen LogP contribution is -2.48. The topological polar surface area (TPSA) is 59.6 Å². The third-order valence-electron chi connectivity index (χ3n) is 4.75. The van der Waals surface area contributed by atoms with Gasteiger partial charge >= 0.3 is 0 Å². The van der Waals surface area contributed by atoms with Crippen LogP contribution in [0.2, 0.25) is 0 Å². The molecule has 0 aliphatic carbocycles. The number of carbonyl (C=O) groups is 1. The van der Waals surface area contributed by atoms with E-state index in [1.165, 1.54) is 12.8 Å². The molecule has 2 atom stereocenters. The highest BCUT2D eigenvalue weighted by Gasteiger charge is 2.34. The molecule has 3 rings (SSSR count). The number of hydrogen-bond donors (Lipinski definition) is 2. The lowest BCUT2D eigenvalue weighted by molar-refractivity contribution is 0.0923. The van der Waals surface area contributed by atoms with E-state index in [0.717, 1.165) is 23.7 Å². The molecular weight excluding hydrogens is 408 g/mol. The summed E-state index contributed by atoms with van der Waals surface area (Å²) >= 11 is 3.50. The van der Waals surface area contributed by atoms with Gasteiger partial charge in [0, 0.05) is 23.7 Å². The molecule has 1 aromatic rings. The Labute approximate surface area is 163 Å². The summed E-state index contributed by atoms with van der Waals surface area (Å²) in [7, 11) is 1.59. The van der Waals surface area contributed by atoms with Crippen molar-refractivity contribution in [2.24, 2.45) is 0 Å². The minimum atomic E-state index is -0.0534. The number of hydrogen-bond acceptors (Lipinski definition) is 4. The average molecular weight is 434 g/mol. The van der Waals surface area contributed by atoms with Gasteiger partial charge in [0.2, 0.25) is 0 Å². The number of rotatable bonds is 6. The van der Waals surface area contributed by atoms with Crippen LogP contribution < -0.4 is 20.1 Å². The Morgan fingerprint density at radius 2 is 2.00 bits per heavy atom. The maximum atomic E-state index is 12.6. The largest absolute Gasteiger partial charge is 0.493 e. The van der Waals surface area contributed by atoms with Crippen molar-refractivity contribution in [3.05, 3.63) is 22.2 Å². The van der Waals surface area contributed by atoms with E-state index in [4.69, 9.17) is 9.47 Å². The summed E-state index contributed by atoms with van der Waals surface area (Å²) in [5, 5.41) is 6.77. The maximum absolute atomic E-state index is 12.6. The number of piperidine rings is 1. The predicted octanol–water partition coefficient (Wildman–Crippen LogP) is 3.68. The molecule has 2 bridgehead atoms. The van der Waals surface area contributed by atoms with Crippen LogP contribution in [0.3, 0.4) is 0 Å². The zero-order valence-corrected chi connectivity index (χ0v) is 17.0. The van der Waals surface area contributed by atoms with Gasteiger partial charge in [-0.05, 0) is 60.2 Å². The number of amides is 1. The van der Waals surface area contributed by atoms with Gasteiger partial charge in [-0.2, -0.15) is 0 Å². The standard InChI is InChI=1S/C18H25BrN2O3.ClH/c1-3-6-24-17-15(19)7-11(8-16(17)23-2)18(22)21-14-9-12-4-5-13(10-14)20-12;/h7-8,12-14,20H,3-6,9-10H2,1-2H3,(H,21,22);1H. The lowest BCUT2D eigenvalue weighted by Gasteiger charge is -2.29. The Morgan fingerprint density at radius 1 is 1.32 bits per heavy atom. The molecule has 5 nitrogen and oxygen atoms in total. The Balaban J connectivity index is 0.00000225. The molecule has 0 aromatic heterocycles. The average Bonchev–Trinajstić information content (AvgIpc) is 2.91. The lowest BCUT2D eigenvalue weighted by atomic mass is 9.99. The smallest absolute Gasteiger partial charge is 0.251 e. The van der Waals surface area contributed by atoms with Crippen LogP contribution in [0.1, 0.15) is 49.4 Å². The van der Waals surface area contributed by atoms with Gasteiger partial charge in [0.1, 0.15) is 0 Å². The van der Waals surface area contributed by atoms with Crippen molar-refractivity contribution in [3.63, 3.8) is 0 Å². The van der Waals surface area contributed by atoms with E-state index in [2.05, 4.69) is 26.6 Å². The monoisotopic (exact) mass is 432 g/mol. The van der Waals surface area contributed by atoms with E-state index in [9.17, 15) is 4.79 Å². The van der Waals surface area contributed by atoms with Crippen LogP contribution >= 0.6 is 28.3 Å². The summed E-state index contributed by atoms with van der Waals surface area (Å²) in [6.07, 6.45) is 5.38. The molecule has 7 heteroatoms. The molecule has 2 N–H and O–H groups in total. The van der Waals surface area contributed by atoms with E-state index in [-0.39, 0.29) is 24.4 Å². The zero-order valence-electron chi connectivity index (χ0n) is 14.6. The van der Waals surface area contributed by atoms with Crippen molar-refractivity contribution >= 4 is 34.2 Å². The quantitative estimate of drug-likeness (QED) is 0.718. The molecule has 2 fully saturated rings. The van der Waals surface area contributed by atoms with Crippen molar-refractivity contribution in [1.82, 2.24) is 10.6 Å². The second kappa shape index (κ2) is 9.10. The minimum Gasteiger partial charge on any atom is -0.493 e. The Kier molecular flexibility index (Phi) is 7.40. The molecule has 25 heavy (non-hydrogen) atoms. The van der Waals surface area contributed by atoms with Crippen molar-refractivity contribution < 1.29 is 14.3 Å². The fourth-order valence-corrected chi connectivity index (χ4v) is 4.20. The number of carbonyl (C=O) groups excluding carboxylic acids is 1. The summed E-state index contributed by atoms with van der Waals surface area (Å²) in [5.74, 6) is 1.17. The van der Waals surface area contributed by atoms with Gasteiger partial charge in [-0.25, -0.2) is 0 Å². The fourth-order valence-electron chi connectivity index (χ4n) is 3.64. The third kappa shape index (κ3) is 4.80. The van der Waals surface area contributed by atoms with Crippen LogP contribution in [0.15, 0.2) is 16.6 Å². The van der Waals surface area contributed by atoms with Gasteiger partial charge in [0.25, 0.3) is 5.91 Å². The van der Waals surface area contributed by atoms with Crippen LogP contribution in [-0.2, 0) is 0 Å². The molecule has 0 saturated carbocycles. The molecule has 0 radical (unpaired) electrons. The molecule has 1 amide bonds. The van der Waals surface area contributed by atoms with Gasteiger partial charge in [0.05, 0.1) is 18.2 Å². The number of ether oxygens (including phenoxy) is 2. The van der Waals surface area contributed by atoms with E-state index in [1.807, 2.05) is 6.92 Å². The van der Waals surface area contributed by atoms with Crippen molar-refractivity contribution in [2.45, 2.75) is 57.2 Å². The summed E-state index contributed by atoms with van der Waals surface area (Å²) < 4.78 is 11.9. The molecule has 140 valence electrons. The molecule has 2 aliphatic heterocycles. The van der Waals surface area contributed by atoms with Crippen molar-refractivity contribution in [1.29, 1.82) is 0 Å². The van der Waals surface area contributed by atoms with E-state index >= 15 is 0 Å². The molecule has 1 aromatic carbocycles. The molecule has 2 aliphatic rings. The number of benzene rings is 1. The summed E-state index contributed by atoms with van der Waals surface area (Å²) in [4.78, 5) is 12.6. The van der Waals surface area contributed by atoms with Crippen LogP contribution in [-0.4, -0.2) is 37.7 Å². The Morgan fingerprint density at radius 3 is 2.60 bits per heavy atom. The summed E-state index contributed by atoms with van der Waals surface area (Å²) in [5.41, 5.74) is 0.591. The van der Waals surface area contributed by atoms with Crippen LogP contribution in [0.5, 0.6) is 11.5 Å².